The third-order valence-corrected chi connectivity index (χ3v) is 4.38. The maximum absolute atomic E-state index is 6.44. The van der Waals surface area contributed by atoms with Crippen LogP contribution in [0, 0.1) is 0 Å². The van der Waals surface area contributed by atoms with Crippen LogP contribution in [0.4, 0.5) is 0 Å². The van der Waals surface area contributed by atoms with Crippen molar-refractivity contribution in [1.29, 1.82) is 0 Å². The molecule has 2 unspecified atom stereocenters. The first kappa shape index (κ1) is 13.0. The van der Waals surface area contributed by atoms with Crippen molar-refractivity contribution in [2.75, 3.05) is 14.2 Å². The van der Waals surface area contributed by atoms with E-state index in [1.54, 1.807) is 14.2 Å². The van der Waals surface area contributed by atoms with Gasteiger partial charge in [0.05, 0.1) is 24.1 Å². The van der Waals surface area contributed by atoms with Crippen molar-refractivity contribution in [2.45, 2.75) is 31.1 Å². The standard InChI is InChI=1S/C13H16BrClO2/c1-7-4-5-9(15)12-11(7)10(16-2)6-8(14)13(12)17-3/h6-7,9H,4-5H2,1-3H3. The van der Waals surface area contributed by atoms with Crippen molar-refractivity contribution in [3.63, 3.8) is 0 Å². The number of hydrogen-bond donors (Lipinski definition) is 0. The molecule has 2 rings (SSSR count). The van der Waals surface area contributed by atoms with Crippen LogP contribution in [-0.2, 0) is 0 Å². The summed E-state index contributed by atoms with van der Waals surface area (Å²) in [6.45, 7) is 2.21. The molecule has 0 fully saturated rings. The van der Waals surface area contributed by atoms with Gasteiger partial charge in [0.25, 0.3) is 0 Å². The number of benzene rings is 1. The van der Waals surface area contributed by atoms with Crippen molar-refractivity contribution in [2.24, 2.45) is 0 Å². The van der Waals surface area contributed by atoms with Crippen molar-refractivity contribution in [3.8, 4) is 11.5 Å². The molecule has 4 heteroatoms. The zero-order valence-electron chi connectivity index (χ0n) is 10.2. The second kappa shape index (κ2) is 5.07. The van der Waals surface area contributed by atoms with Crippen LogP contribution in [0.1, 0.15) is 42.2 Å². The highest BCUT2D eigenvalue weighted by molar-refractivity contribution is 9.10. The van der Waals surface area contributed by atoms with Crippen LogP contribution < -0.4 is 9.47 Å². The fourth-order valence-corrected chi connectivity index (χ4v) is 3.45. The number of alkyl halides is 1. The van der Waals surface area contributed by atoms with Crippen LogP contribution in [-0.4, -0.2) is 14.2 Å². The maximum Gasteiger partial charge on any atom is 0.138 e. The molecule has 0 radical (unpaired) electrons. The summed E-state index contributed by atoms with van der Waals surface area (Å²) in [7, 11) is 3.37. The van der Waals surface area contributed by atoms with Crippen LogP contribution in [0.3, 0.4) is 0 Å². The van der Waals surface area contributed by atoms with Gasteiger partial charge in [-0.15, -0.1) is 11.6 Å². The quantitative estimate of drug-likeness (QED) is 0.739. The van der Waals surface area contributed by atoms with Crippen molar-refractivity contribution < 1.29 is 9.47 Å². The van der Waals surface area contributed by atoms with E-state index in [0.717, 1.165) is 34.4 Å². The molecule has 0 aliphatic heterocycles. The van der Waals surface area contributed by atoms with E-state index in [-0.39, 0.29) is 5.38 Å². The molecule has 1 aliphatic carbocycles. The highest BCUT2D eigenvalue weighted by atomic mass is 79.9. The molecule has 2 nitrogen and oxygen atoms in total. The van der Waals surface area contributed by atoms with Gasteiger partial charge in [-0.05, 0) is 40.8 Å². The number of halogens is 2. The first-order chi connectivity index (χ1) is 8.10. The van der Waals surface area contributed by atoms with Crippen LogP contribution in [0.25, 0.3) is 0 Å². The number of methoxy groups -OCH3 is 2. The third-order valence-electron chi connectivity index (χ3n) is 3.36. The normalized spacial score (nSPS) is 23.1. The molecule has 17 heavy (non-hydrogen) atoms. The van der Waals surface area contributed by atoms with Gasteiger partial charge >= 0.3 is 0 Å². The van der Waals surface area contributed by atoms with Crippen LogP contribution in [0.2, 0.25) is 0 Å². The number of hydrogen-bond acceptors (Lipinski definition) is 2. The Hall–Kier alpha value is -0.410. The SMILES string of the molecule is COc1cc(Br)c(OC)c2c1C(C)CCC2Cl. The predicted octanol–water partition coefficient (Wildman–Crippen LogP) is 4.64. The predicted molar refractivity (Wildman–Crippen MR) is 73.5 cm³/mol. The second-order valence-electron chi connectivity index (χ2n) is 4.37. The van der Waals surface area contributed by atoms with Gasteiger partial charge in [0, 0.05) is 11.1 Å². The third kappa shape index (κ3) is 2.15. The Bertz CT molecular complexity index is 434. The molecular weight excluding hydrogens is 303 g/mol. The summed E-state index contributed by atoms with van der Waals surface area (Å²) < 4.78 is 11.8. The summed E-state index contributed by atoms with van der Waals surface area (Å²) in [5.74, 6) is 2.19. The Morgan fingerprint density at radius 2 is 1.94 bits per heavy atom. The summed E-state index contributed by atoms with van der Waals surface area (Å²) in [5.41, 5.74) is 2.28. The second-order valence-corrected chi connectivity index (χ2v) is 5.75. The zero-order valence-corrected chi connectivity index (χ0v) is 12.6. The molecule has 0 saturated heterocycles. The topological polar surface area (TPSA) is 18.5 Å². The lowest BCUT2D eigenvalue weighted by Gasteiger charge is -2.30. The Kier molecular flexibility index (Phi) is 3.88. The van der Waals surface area contributed by atoms with Gasteiger partial charge in [0.2, 0.25) is 0 Å². The molecule has 0 bridgehead atoms. The van der Waals surface area contributed by atoms with E-state index in [1.807, 2.05) is 6.07 Å². The molecule has 1 aromatic carbocycles. The lowest BCUT2D eigenvalue weighted by molar-refractivity contribution is 0.380. The van der Waals surface area contributed by atoms with Crippen molar-refractivity contribution >= 4 is 27.5 Å². The van der Waals surface area contributed by atoms with E-state index in [2.05, 4.69) is 22.9 Å². The minimum Gasteiger partial charge on any atom is -0.496 e. The molecule has 2 atom stereocenters. The van der Waals surface area contributed by atoms with Gasteiger partial charge in [-0.1, -0.05) is 6.92 Å². The Morgan fingerprint density at radius 1 is 1.24 bits per heavy atom. The first-order valence-corrected chi connectivity index (χ1v) is 6.91. The molecule has 0 N–H and O–H groups in total. The Balaban J connectivity index is 2.71. The van der Waals surface area contributed by atoms with Crippen LogP contribution in [0.5, 0.6) is 11.5 Å². The molecule has 1 aromatic rings. The van der Waals surface area contributed by atoms with Gasteiger partial charge in [-0.3, -0.25) is 0 Å². The summed E-state index contributed by atoms with van der Waals surface area (Å²) >= 11 is 9.95. The molecule has 94 valence electrons. The van der Waals surface area contributed by atoms with E-state index >= 15 is 0 Å². The fourth-order valence-electron chi connectivity index (χ4n) is 2.52. The monoisotopic (exact) mass is 318 g/mol. The Labute approximate surface area is 115 Å². The summed E-state index contributed by atoms with van der Waals surface area (Å²) in [6, 6.07) is 1.96. The number of fused-ring (bicyclic) bond motifs is 1. The summed E-state index contributed by atoms with van der Waals surface area (Å²) in [6.07, 6.45) is 2.06. The minimum absolute atomic E-state index is 0.00236. The summed E-state index contributed by atoms with van der Waals surface area (Å²) in [4.78, 5) is 0. The van der Waals surface area contributed by atoms with E-state index in [0.29, 0.717) is 5.92 Å². The van der Waals surface area contributed by atoms with Crippen molar-refractivity contribution in [1.82, 2.24) is 0 Å². The first-order valence-electron chi connectivity index (χ1n) is 5.68. The van der Waals surface area contributed by atoms with Crippen LogP contribution >= 0.6 is 27.5 Å². The van der Waals surface area contributed by atoms with Gasteiger partial charge in [0.15, 0.2) is 0 Å². The van der Waals surface area contributed by atoms with E-state index in [4.69, 9.17) is 21.1 Å². The molecule has 1 aliphatic rings. The number of ether oxygens (including phenoxy) is 2. The fraction of sp³-hybridized carbons (Fsp3) is 0.538. The highest BCUT2D eigenvalue weighted by Gasteiger charge is 2.31. The molecule has 0 spiro atoms. The van der Waals surface area contributed by atoms with Gasteiger partial charge in [0.1, 0.15) is 11.5 Å². The van der Waals surface area contributed by atoms with E-state index in [9.17, 15) is 0 Å². The maximum atomic E-state index is 6.44. The highest BCUT2D eigenvalue weighted by Crippen LogP contribution is 2.51. The average Bonchev–Trinajstić information content (AvgIpc) is 2.32. The lowest BCUT2D eigenvalue weighted by atomic mass is 9.82. The van der Waals surface area contributed by atoms with Gasteiger partial charge < -0.3 is 9.47 Å². The largest absolute Gasteiger partial charge is 0.496 e. The zero-order chi connectivity index (χ0) is 12.6. The average molecular weight is 320 g/mol. The molecular formula is C13H16BrClO2. The summed E-state index contributed by atoms with van der Waals surface area (Å²) in [5, 5.41) is 0.00236. The Morgan fingerprint density at radius 3 is 2.53 bits per heavy atom. The van der Waals surface area contributed by atoms with Crippen LogP contribution in [0.15, 0.2) is 10.5 Å². The van der Waals surface area contributed by atoms with E-state index in [1.165, 1.54) is 5.56 Å². The van der Waals surface area contributed by atoms with Gasteiger partial charge in [-0.25, -0.2) is 0 Å². The molecule has 0 aromatic heterocycles. The molecule has 0 heterocycles. The van der Waals surface area contributed by atoms with Gasteiger partial charge in [-0.2, -0.15) is 0 Å². The molecule has 0 amide bonds. The molecule has 0 saturated carbocycles. The number of rotatable bonds is 2. The smallest absolute Gasteiger partial charge is 0.138 e. The lowest BCUT2D eigenvalue weighted by Crippen LogP contribution is -2.13. The van der Waals surface area contributed by atoms with Crippen molar-refractivity contribution in [3.05, 3.63) is 21.7 Å². The minimum atomic E-state index is 0.00236. The van der Waals surface area contributed by atoms with E-state index < -0.39 is 0 Å².